The molecule has 130 valence electrons. The summed E-state index contributed by atoms with van der Waals surface area (Å²) in [6.45, 7) is 4.44. The predicted octanol–water partition coefficient (Wildman–Crippen LogP) is 3.90. The summed E-state index contributed by atoms with van der Waals surface area (Å²) in [5.74, 6) is 0.377. The summed E-state index contributed by atoms with van der Waals surface area (Å²) in [5, 5.41) is 11.3. The summed E-state index contributed by atoms with van der Waals surface area (Å²) in [4.78, 5) is 12.2. The Morgan fingerprint density at radius 2 is 1.84 bits per heavy atom. The van der Waals surface area contributed by atoms with E-state index in [1.165, 1.54) is 0 Å². The van der Waals surface area contributed by atoms with Gasteiger partial charge in [0, 0.05) is 0 Å². The average Bonchev–Trinajstić information content (AvgIpc) is 3.04. The average molecular weight is 338 g/mol. The van der Waals surface area contributed by atoms with E-state index in [2.05, 4.69) is 29.5 Å². The lowest BCUT2D eigenvalue weighted by Gasteiger charge is -2.21. The van der Waals surface area contributed by atoms with Crippen LogP contribution in [0.4, 0.5) is 4.79 Å². The second kappa shape index (κ2) is 7.79. The van der Waals surface area contributed by atoms with E-state index in [1.54, 1.807) is 4.68 Å². The molecule has 0 aliphatic rings. The van der Waals surface area contributed by atoms with Gasteiger partial charge in [0.05, 0.1) is 5.52 Å². The third-order valence-corrected chi connectivity index (χ3v) is 3.86. The first kappa shape index (κ1) is 17.0. The quantitative estimate of drug-likeness (QED) is 0.740. The van der Waals surface area contributed by atoms with Crippen LogP contribution in [-0.4, -0.2) is 21.1 Å². The molecular formula is C19H22N4O2. The molecule has 3 aromatic rings. The molecule has 1 amide bonds. The zero-order valence-electron chi connectivity index (χ0n) is 14.4. The number of aromatic nitrogens is 3. The largest absolute Gasteiger partial charge is 0.445 e. The number of hydrogen-bond acceptors (Lipinski definition) is 4. The van der Waals surface area contributed by atoms with E-state index in [1.807, 2.05) is 54.6 Å². The monoisotopic (exact) mass is 338 g/mol. The van der Waals surface area contributed by atoms with Crippen molar-refractivity contribution in [1.82, 2.24) is 20.3 Å². The Kier molecular flexibility index (Phi) is 5.28. The van der Waals surface area contributed by atoms with E-state index in [9.17, 15) is 4.79 Å². The number of carbonyl (C=O) groups excluding carboxylic acids is 1. The molecule has 6 heteroatoms. The maximum atomic E-state index is 12.2. The van der Waals surface area contributed by atoms with Crippen molar-refractivity contribution < 1.29 is 9.53 Å². The van der Waals surface area contributed by atoms with Crippen LogP contribution >= 0.6 is 0 Å². The van der Waals surface area contributed by atoms with Gasteiger partial charge in [-0.05, 0) is 30.0 Å². The van der Waals surface area contributed by atoms with Crippen LogP contribution in [0.25, 0.3) is 11.0 Å². The van der Waals surface area contributed by atoms with Gasteiger partial charge in [0.1, 0.15) is 18.3 Å². The smallest absolute Gasteiger partial charge is 0.409 e. The van der Waals surface area contributed by atoms with Crippen LogP contribution in [0.1, 0.15) is 32.0 Å². The first-order valence-electron chi connectivity index (χ1n) is 8.40. The molecule has 0 fully saturated rings. The molecule has 1 heterocycles. The number of nitrogens with one attached hydrogen (secondary N) is 1. The lowest BCUT2D eigenvalue weighted by molar-refractivity contribution is 0.128. The van der Waals surface area contributed by atoms with Gasteiger partial charge in [-0.3, -0.25) is 5.32 Å². The van der Waals surface area contributed by atoms with Crippen LogP contribution in [0.2, 0.25) is 0 Å². The van der Waals surface area contributed by atoms with Crippen LogP contribution in [0.5, 0.6) is 0 Å². The van der Waals surface area contributed by atoms with Gasteiger partial charge in [-0.25, -0.2) is 9.48 Å². The van der Waals surface area contributed by atoms with Gasteiger partial charge in [-0.2, -0.15) is 0 Å². The van der Waals surface area contributed by atoms with Crippen molar-refractivity contribution in [3.8, 4) is 0 Å². The Labute approximate surface area is 146 Å². The van der Waals surface area contributed by atoms with Crippen molar-refractivity contribution in [2.75, 3.05) is 0 Å². The molecule has 1 atom stereocenters. The molecule has 1 unspecified atom stereocenters. The Hall–Kier alpha value is -2.89. The van der Waals surface area contributed by atoms with Crippen molar-refractivity contribution in [1.29, 1.82) is 0 Å². The van der Waals surface area contributed by atoms with Crippen molar-refractivity contribution >= 4 is 17.1 Å². The number of ether oxygens (including phenoxy) is 1. The van der Waals surface area contributed by atoms with Crippen molar-refractivity contribution in [3.05, 3.63) is 60.2 Å². The summed E-state index contributed by atoms with van der Waals surface area (Å²) in [7, 11) is 0. The number of alkyl carbamates (subject to hydrolysis) is 1. The normalized spacial score (nSPS) is 12.3. The lowest BCUT2D eigenvalue weighted by Crippen LogP contribution is -2.34. The lowest BCUT2D eigenvalue weighted by atomic mass is 10.1. The third kappa shape index (κ3) is 4.35. The number of carbonyl (C=O) groups is 1. The summed E-state index contributed by atoms with van der Waals surface area (Å²) in [6, 6.07) is 17.3. The molecule has 6 nitrogen and oxygen atoms in total. The Morgan fingerprint density at radius 3 is 2.60 bits per heavy atom. The summed E-state index contributed by atoms with van der Waals surface area (Å²) >= 11 is 0. The fourth-order valence-electron chi connectivity index (χ4n) is 2.68. The van der Waals surface area contributed by atoms with Gasteiger partial charge in [-0.1, -0.05) is 61.5 Å². The van der Waals surface area contributed by atoms with E-state index in [0.717, 1.165) is 23.0 Å². The molecule has 3 rings (SSSR count). The molecule has 1 aromatic heterocycles. The van der Waals surface area contributed by atoms with Crippen LogP contribution in [0.3, 0.4) is 0 Å². The topological polar surface area (TPSA) is 69.0 Å². The molecule has 0 bridgehead atoms. The molecule has 0 spiro atoms. The van der Waals surface area contributed by atoms with E-state index < -0.39 is 6.09 Å². The summed E-state index contributed by atoms with van der Waals surface area (Å²) in [5.41, 5.74) is 2.64. The molecule has 1 N–H and O–H groups in total. The molecule has 0 radical (unpaired) electrons. The molecule has 0 aliphatic heterocycles. The maximum Gasteiger partial charge on any atom is 0.409 e. The molecule has 25 heavy (non-hydrogen) atoms. The second-order valence-corrected chi connectivity index (χ2v) is 6.37. The van der Waals surface area contributed by atoms with E-state index in [-0.39, 0.29) is 12.8 Å². The Morgan fingerprint density at radius 1 is 1.12 bits per heavy atom. The fraction of sp³-hybridized carbons (Fsp3) is 0.316. The first-order chi connectivity index (χ1) is 12.1. The van der Waals surface area contributed by atoms with E-state index >= 15 is 0 Å². The zero-order chi connectivity index (χ0) is 17.6. The molecule has 0 saturated carbocycles. The third-order valence-electron chi connectivity index (χ3n) is 3.86. The van der Waals surface area contributed by atoms with Gasteiger partial charge in [-0.15, -0.1) is 5.10 Å². The SMILES string of the molecule is CC(C)CC(NC(=O)OCc1ccccc1)n1nnc2ccccc21. The maximum absolute atomic E-state index is 12.2. The highest BCUT2D eigenvalue weighted by atomic mass is 16.5. The number of benzene rings is 2. The number of nitrogens with zero attached hydrogens (tertiary/aromatic N) is 3. The van der Waals surface area contributed by atoms with Crippen LogP contribution in [0, 0.1) is 5.92 Å². The summed E-state index contributed by atoms with van der Waals surface area (Å²) in [6.07, 6.45) is -0.0434. The summed E-state index contributed by atoms with van der Waals surface area (Å²) < 4.78 is 7.09. The molecule has 0 saturated heterocycles. The second-order valence-electron chi connectivity index (χ2n) is 6.37. The number of hydrogen-bond donors (Lipinski definition) is 1. The predicted molar refractivity (Wildman–Crippen MR) is 95.8 cm³/mol. The Balaban J connectivity index is 1.71. The highest BCUT2D eigenvalue weighted by Gasteiger charge is 2.20. The van der Waals surface area contributed by atoms with Crippen molar-refractivity contribution in [2.24, 2.45) is 5.92 Å². The minimum atomic E-state index is -0.464. The number of amides is 1. The van der Waals surface area contributed by atoms with Gasteiger partial charge in [0.2, 0.25) is 0 Å². The van der Waals surface area contributed by atoms with Gasteiger partial charge in [0.15, 0.2) is 0 Å². The molecule has 0 aliphatic carbocycles. The van der Waals surface area contributed by atoms with Crippen LogP contribution in [0.15, 0.2) is 54.6 Å². The highest BCUT2D eigenvalue weighted by molar-refractivity contribution is 5.74. The number of para-hydroxylation sites is 1. The Bertz CT molecular complexity index is 830. The molecular weight excluding hydrogens is 316 g/mol. The highest BCUT2D eigenvalue weighted by Crippen LogP contribution is 2.20. The van der Waals surface area contributed by atoms with Gasteiger partial charge < -0.3 is 4.74 Å². The fourth-order valence-corrected chi connectivity index (χ4v) is 2.68. The van der Waals surface area contributed by atoms with Gasteiger partial charge >= 0.3 is 6.09 Å². The van der Waals surface area contributed by atoms with Crippen molar-refractivity contribution in [2.45, 2.75) is 33.0 Å². The molecule has 2 aromatic carbocycles. The zero-order valence-corrected chi connectivity index (χ0v) is 14.4. The van der Waals surface area contributed by atoms with Gasteiger partial charge in [0.25, 0.3) is 0 Å². The minimum Gasteiger partial charge on any atom is -0.445 e. The standard InChI is InChI=1S/C19H22N4O2/c1-14(2)12-18(23-17-11-7-6-10-16(17)21-22-23)20-19(24)25-13-15-8-4-3-5-9-15/h3-11,14,18H,12-13H2,1-2H3,(H,20,24). The van der Waals surface area contributed by atoms with Crippen LogP contribution < -0.4 is 5.32 Å². The number of fused-ring (bicyclic) bond motifs is 1. The number of rotatable bonds is 6. The minimum absolute atomic E-state index is 0.235. The first-order valence-corrected chi connectivity index (χ1v) is 8.40. The van der Waals surface area contributed by atoms with Crippen molar-refractivity contribution in [3.63, 3.8) is 0 Å². The van der Waals surface area contributed by atoms with E-state index in [4.69, 9.17) is 4.74 Å². The van der Waals surface area contributed by atoms with Crippen LogP contribution in [-0.2, 0) is 11.3 Å². The van der Waals surface area contributed by atoms with E-state index in [0.29, 0.717) is 5.92 Å².